The maximum atomic E-state index is 5.23. The smallest absolute Gasteiger partial charge is 0.166 e. The molecule has 2 nitrogen and oxygen atoms in total. The van der Waals surface area contributed by atoms with E-state index in [0.29, 0.717) is 0 Å². The van der Waals surface area contributed by atoms with E-state index in [9.17, 15) is 0 Å². The lowest BCUT2D eigenvalue weighted by atomic mass is 10.1. The number of benzene rings is 1. The van der Waals surface area contributed by atoms with E-state index in [2.05, 4.69) is 29.7 Å². The first-order valence-electron chi connectivity index (χ1n) is 6.88. The highest BCUT2D eigenvalue weighted by atomic mass is 32.1. The van der Waals surface area contributed by atoms with Gasteiger partial charge in [0.05, 0.1) is 0 Å². The van der Waals surface area contributed by atoms with Crippen molar-refractivity contribution in [2.45, 2.75) is 45.6 Å². The van der Waals surface area contributed by atoms with Crippen molar-refractivity contribution in [2.24, 2.45) is 0 Å². The summed E-state index contributed by atoms with van der Waals surface area (Å²) in [7, 11) is 0. The van der Waals surface area contributed by atoms with Gasteiger partial charge in [-0.25, -0.2) is 0 Å². The second-order valence-corrected chi connectivity index (χ2v) is 4.92. The van der Waals surface area contributed by atoms with E-state index in [0.717, 1.165) is 18.2 Å². The quantitative estimate of drug-likeness (QED) is 0.554. The Morgan fingerprint density at radius 2 is 1.72 bits per heavy atom. The Morgan fingerprint density at radius 3 is 2.44 bits per heavy atom. The molecule has 0 atom stereocenters. The summed E-state index contributed by atoms with van der Waals surface area (Å²) in [6.07, 6.45) is 6.47. The minimum atomic E-state index is 0.759. The van der Waals surface area contributed by atoms with E-state index in [-0.39, 0.29) is 0 Å². The molecule has 0 unspecified atom stereocenters. The molecule has 2 N–H and O–H groups in total. The monoisotopic (exact) mass is 264 g/mol. The van der Waals surface area contributed by atoms with Gasteiger partial charge in [0.15, 0.2) is 5.11 Å². The molecule has 1 rings (SSSR count). The molecule has 0 heterocycles. The van der Waals surface area contributed by atoms with Crippen molar-refractivity contribution in [3.8, 4) is 0 Å². The van der Waals surface area contributed by atoms with Gasteiger partial charge in [0, 0.05) is 13.1 Å². The van der Waals surface area contributed by atoms with Crippen molar-refractivity contribution in [2.75, 3.05) is 6.54 Å². The molecule has 0 spiro atoms. The van der Waals surface area contributed by atoms with Crippen LogP contribution in [0.4, 0.5) is 0 Å². The number of unbranched alkanes of at least 4 members (excludes halogenated alkanes) is 4. The number of hydrogen-bond acceptors (Lipinski definition) is 1. The summed E-state index contributed by atoms with van der Waals surface area (Å²) in [5.41, 5.74) is 1.25. The fraction of sp³-hybridized carbons (Fsp3) is 0.533. The molecule has 100 valence electrons. The molecule has 1 aromatic carbocycles. The fourth-order valence-electron chi connectivity index (χ4n) is 1.77. The van der Waals surface area contributed by atoms with Gasteiger partial charge in [0.25, 0.3) is 0 Å². The first-order valence-corrected chi connectivity index (χ1v) is 7.29. The first-order chi connectivity index (χ1) is 8.83. The van der Waals surface area contributed by atoms with Gasteiger partial charge in [-0.15, -0.1) is 0 Å². The molecule has 3 heteroatoms. The molecule has 0 bridgehead atoms. The first kappa shape index (κ1) is 15.0. The second-order valence-electron chi connectivity index (χ2n) is 4.51. The summed E-state index contributed by atoms with van der Waals surface area (Å²) in [5, 5.41) is 7.23. The summed E-state index contributed by atoms with van der Waals surface area (Å²) < 4.78 is 0. The third-order valence-electron chi connectivity index (χ3n) is 2.86. The number of rotatable bonds is 8. The van der Waals surface area contributed by atoms with Crippen LogP contribution in [0.1, 0.15) is 44.6 Å². The van der Waals surface area contributed by atoms with E-state index < -0.39 is 0 Å². The summed E-state index contributed by atoms with van der Waals surface area (Å²) >= 11 is 5.23. The molecule has 18 heavy (non-hydrogen) atoms. The van der Waals surface area contributed by atoms with Crippen LogP contribution in [-0.2, 0) is 6.54 Å². The van der Waals surface area contributed by atoms with Gasteiger partial charge in [0.1, 0.15) is 0 Å². The minimum Gasteiger partial charge on any atom is -0.363 e. The van der Waals surface area contributed by atoms with E-state index >= 15 is 0 Å². The zero-order chi connectivity index (χ0) is 13.1. The van der Waals surface area contributed by atoms with Crippen molar-refractivity contribution in [1.82, 2.24) is 10.6 Å². The average Bonchev–Trinajstić information content (AvgIpc) is 2.41. The van der Waals surface area contributed by atoms with Crippen LogP contribution in [0.5, 0.6) is 0 Å². The highest BCUT2D eigenvalue weighted by Crippen LogP contribution is 2.01. The summed E-state index contributed by atoms with van der Waals surface area (Å²) in [6.45, 7) is 4.01. The van der Waals surface area contributed by atoms with Crippen LogP contribution in [0, 0.1) is 0 Å². The zero-order valence-electron chi connectivity index (χ0n) is 11.2. The Kier molecular flexibility index (Phi) is 8.23. The molecule has 0 aliphatic rings. The predicted molar refractivity (Wildman–Crippen MR) is 82.6 cm³/mol. The molecule has 0 amide bonds. The van der Waals surface area contributed by atoms with Crippen LogP contribution in [0.2, 0.25) is 0 Å². The molecule has 0 fully saturated rings. The molecule has 0 aromatic heterocycles. The van der Waals surface area contributed by atoms with E-state index in [1.54, 1.807) is 0 Å². The Morgan fingerprint density at radius 1 is 1.00 bits per heavy atom. The van der Waals surface area contributed by atoms with Crippen LogP contribution in [0.3, 0.4) is 0 Å². The van der Waals surface area contributed by atoms with Crippen molar-refractivity contribution in [1.29, 1.82) is 0 Å². The fourth-order valence-corrected chi connectivity index (χ4v) is 1.95. The summed E-state index contributed by atoms with van der Waals surface area (Å²) in [6, 6.07) is 10.3. The molecule has 1 aromatic rings. The van der Waals surface area contributed by atoms with Crippen molar-refractivity contribution < 1.29 is 0 Å². The van der Waals surface area contributed by atoms with E-state index in [1.165, 1.54) is 37.7 Å². The lowest BCUT2D eigenvalue weighted by Gasteiger charge is -2.10. The third-order valence-corrected chi connectivity index (χ3v) is 3.15. The molecular weight excluding hydrogens is 240 g/mol. The van der Waals surface area contributed by atoms with E-state index in [1.807, 2.05) is 18.2 Å². The van der Waals surface area contributed by atoms with E-state index in [4.69, 9.17) is 12.2 Å². The Bertz CT molecular complexity index is 325. The van der Waals surface area contributed by atoms with Crippen LogP contribution >= 0.6 is 12.2 Å². The normalized spacial score (nSPS) is 10.1. The Hall–Kier alpha value is -1.09. The van der Waals surface area contributed by atoms with Crippen LogP contribution < -0.4 is 10.6 Å². The molecule has 0 aliphatic heterocycles. The maximum Gasteiger partial charge on any atom is 0.166 e. The number of hydrogen-bond donors (Lipinski definition) is 2. The summed E-state index contributed by atoms with van der Waals surface area (Å²) in [5.74, 6) is 0. The SMILES string of the molecule is CCCCCCCNC(=S)NCc1ccccc1. The van der Waals surface area contributed by atoms with Gasteiger partial charge in [0.2, 0.25) is 0 Å². The molecule has 0 aliphatic carbocycles. The summed E-state index contributed by atoms with van der Waals surface area (Å²) in [4.78, 5) is 0. The van der Waals surface area contributed by atoms with Gasteiger partial charge in [-0.2, -0.15) is 0 Å². The average molecular weight is 264 g/mol. The van der Waals surface area contributed by atoms with Crippen molar-refractivity contribution >= 4 is 17.3 Å². The van der Waals surface area contributed by atoms with Crippen molar-refractivity contribution in [3.05, 3.63) is 35.9 Å². The van der Waals surface area contributed by atoms with Crippen LogP contribution in [-0.4, -0.2) is 11.7 Å². The highest BCUT2D eigenvalue weighted by molar-refractivity contribution is 7.80. The van der Waals surface area contributed by atoms with Crippen molar-refractivity contribution in [3.63, 3.8) is 0 Å². The Labute approximate surface area is 116 Å². The van der Waals surface area contributed by atoms with Gasteiger partial charge in [-0.05, 0) is 24.2 Å². The lowest BCUT2D eigenvalue weighted by Crippen LogP contribution is -2.35. The molecule has 0 radical (unpaired) electrons. The third kappa shape index (κ3) is 7.28. The number of nitrogens with one attached hydrogen (secondary N) is 2. The molecular formula is C15H24N2S. The van der Waals surface area contributed by atoms with Gasteiger partial charge in [-0.3, -0.25) is 0 Å². The van der Waals surface area contributed by atoms with Crippen LogP contribution in [0.15, 0.2) is 30.3 Å². The largest absolute Gasteiger partial charge is 0.363 e. The topological polar surface area (TPSA) is 24.1 Å². The molecule has 0 saturated heterocycles. The second kappa shape index (κ2) is 9.89. The maximum absolute atomic E-state index is 5.23. The van der Waals surface area contributed by atoms with Gasteiger partial charge in [-0.1, -0.05) is 62.9 Å². The highest BCUT2D eigenvalue weighted by Gasteiger charge is 1.95. The van der Waals surface area contributed by atoms with Gasteiger partial charge < -0.3 is 10.6 Å². The lowest BCUT2D eigenvalue weighted by molar-refractivity contribution is 0.622. The van der Waals surface area contributed by atoms with Gasteiger partial charge >= 0.3 is 0 Å². The molecule has 0 saturated carbocycles. The zero-order valence-corrected chi connectivity index (χ0v) is 12.1. The number of thiocarbonyl (C=S) groups is 1. The van der Waals surface area contributed by atoms with Crippen LogP contribution in [0.25, 0.3) is 0 Å². The minimum absolute atomic E-state index is 0.759. The predicted octanol–water partition coefficient (Wildman–Crippen LogP) is 3.62. The Balaban J connectivity index is 2.01. The standard InChI is InChI=1S/C15H24N2S/c1-2-3-4-5-9-12-16-15(18)17-13-14-10-7-6-8-11-14/h6-8,10-11H,2-5,9,12-13H2,1H3,(H2,16,17,18).